The van der Waals surface area contributed by atoms with Crippen LogP contribution in [0.3, 0.4) is 0 Å². The van der Waals surface area contributed by atoms with E-state index in [-0.39, 0.29) is 0 Å². The van der Waals surface area contributed by atoms with Crippen molar-refractivity contribution < 1.29 is 14.3 Å². The van der Waals surface area contributed by atoms with Gasteiger partial charge in [0, 0.05) is 10.0 Å². The van der Waals surface area contributed by atoms with Crippen LogP contribution in [-0.4, -0.2) is 20.2 Å². The summed E-state index contributed by atoms with van der Waals surface area (Å²) in [6.45, 7) is 0. The highest BCUT2D eigenvalue weighted by atomic mass is 79.9. The van der Waals surface area contributed by atoms with Gasteiger partial charge >= 0.3 is 5.97 Å². The molecule has 0 spiro atoms. The van der Waals surface area contributed by atoms with E-state index in [0.717, 1.165) is 20.8 Å². The Balaban J connectivity index is 2.63. The number of fused-ring (bicyclic) bond motifs is 1. The first-order chi connectivity index (χ1) is 9.15. The van der Waals surface area contributed by atoms with E-state index in [2.05, 4.69) is 20.7 Å². The van der Waals surface area contributed by atoms with Crippen LogP contribution in [0.5, 0.6) is 0 Å². The van der Waals surface area contributed by atoms with E-state index in [9.17, 15) is 4.79 Å². The van der Waals surface area contributed by atoms with Gasteiger partial charge in [0.15, 0.2) is 0 Å². The van der Waals surface area contributed by atoms with Crippen molar-refractivity contribution in [2.24, 2.45) is 0 Å². The molecule has 0 aliphatic carbocycles. The van der Waals surface area contributed by atoms with E-state index >= 15 is 0 Å². The molecule has 0 aliphatic rings. The molecule has 0 saturated carbocycles. The van der Waals surface area contributed by atoms with Crippen molar-refractivity contribution in [3.63, 3.8) is 0 Å². The minimum absolute atomic E-state index is 0.441. The first-order valence-electron chi connectivity index (χ1n) is 5.68. The number of carbonyl (C=O) groups excluding carboxylic acids is 1. The van der Waals surface area contributed by atoms with Crippen molar-refractivity contribution in [3.8, 4) is 0 Å². The Morgan fingerprint density at radius 2 is 1.95 bits per heavy atom. The van der Waals surface area contributed by atoms with Crippen LogP contribution < -0.4 is 0 Å². The van der Waals surface area contributed by atoms with Crippen LogP contribution in [0, 0.1) is 0 Å². The molecule has 0 heterocycles. The number of hydrogen-bond acceptors (Lipinski definition) is 3. The van der Waals surface area contributed by atoms with Crippen molar-refractivity contribution >= 4 is 38.4 Å². The van der Waals surface area contributed by atoms with Gasteiger partial charge < -0.3 is 9.47 Å². The second-order valence-electron chi connectivity index (χ2n) is 3.91. The van der Waals surface area contributed by atoms with E-state index in [1.807, 2.05) is 36.4 Å². The molecule has 0 aliphatic heterocycles. The summed E-state index contributed by atoms with van der Waals surface area (Å²) < 4.78 is 10.9. The number of carbonyl (C=O) groups is 1. The molecule has 0 saturated heterocycles. The highest BCUT2D eigenvalue weighted by molar-refractivity contribution is 9.10. The zero-order valence-corrected chi connectivity index (χ0v) is 12.2. The summed E-state index contributed by atoms with van der Waals surface area (Å²) in [6.07, 6.45) is 1.34. The average molecular weight is 321 g/mol. The summed E-state index contributed by atoms with van der Waals surface area (Å²) in [5.74, 6) is 0.0411. The van der Waals surface area contributed by atoms with Gasteiger partial charge in [-0.15, -0.1) is 0 Å². The number of halogens is 1. The molecular formula is C15H13BrO3. The molecule has 4 heteroatoms. The third kappa shape index (κ3) is 2.96. The quantitative estimate of drug-likeness (QED) is 0.490. The van der Waals surface area contributed by atoms with Crippen molar-refractivity contribution in [1.82, 2.24) is 0 Å². The Hall–Kier alpha value is -1.81. The van der Waals surface area contributed by atoms with Crippen LogP contribution in [0.1, 0.15) is 5.56 Å². The number of hydrogen-bond donors (Lipinski definition) is 0. The Morgan fingerprint density at radius 3 is 2.63 bits per heavy atom. The summed E-state index contributed by atoms with van der Waals surface area (Å²) in [6, 6.07) is 11.8. The zero-order valence-electron chi connectivity index (χ0n) is 10.6. The molecule has 98 valence electrons. The van der Waals surface area contributed by atoms with Crippen molar-refractivity contribution in [3.05, 3.63) is 52.5 Å². The highest BCUT2D eigenvalue weighted by Gasteiger charge is 2.09. The first-order valence-corrected chi connectivity index (χ1v) is 6.47. The molecule has 0 unspecified atom stereocenters. The van der Waals surface area contributed by atoms with Crippen LogP contribution in [0.15, 0.2) is 46.9 Å². The zero-order chi connectivity index (χ0) is 13.8. The van der Waals surface area contributed by atoms with Gasteiger partial charge in [-0.2, -0.15) is 0 Å². The molecule has 0 atom stereocenters. The normalized spacial score (nSPS) is 11.4. The molecule has 2 aromatic carbocycles. The summed E-state index contributed by atoms with van der Waals surface area (Å²) in [5.41, 5.74) is 0.853. The lowest BCUT2D eigenvalue weighted by Gasteiger charge is -2.10. The standard InChI is InChI=1S/C15H13BrO3/c1-18-14(9-15(17)19-2)12-5-3-4-10-6-7-11(16)8-13(10)12/h3-9H,1-2H3/b14-9-. The Kier molecular flexibility index (Phi) is 4.22. The smallest absolute Gasteiger partial charge is 0.334 e. The van der Waals surface area contributed by atoms with E-state index in [1.54, 1.807) is 0 Å². The second kappa shape index (κ2) is 5.89. The second-order valence-corrected chi connectivity index (χ2v) is 4.82. The van der Waals surface area contributed by atoms with Gasteiger partial charge in [-0.05, 0) is 22.9 Å². The lowest BCUT2D eigenvalue weighted by molar-refractivity contribution is -0.134. The highest BCUT2D eigenvalue weighted by Crippen LogP contribution is 2.28. The van der Waals surface area contributed by atoms with Gasteiger partial charge in [-0.25, -0.2) is 4.79 Å². The third-order valence-electron chi connectivity index (χ3n) is 2.78. The van der Waals surface area contributed by atoms with Crippen molar-refractivity contribution in [2.75, 3.05) is 14.2 Å². The van der Waals surface area contributed by atoms with E-state index in [1.165, 1.54) is 20.3 Å². The van der Waals surface area contributed by atoms with Crippen LogP contribution in [0.4, 0.5) is 0 Å². The minimum Gasteiger partial charge on any atom is -0.496 e. The van der Waals surface area contributed by atoms with E-state index in [4.69, 9.17) is 4.74 Å². The number of rotatable bonds is 3. The Bertz CT molecular complexity index is 647. The average Bonchev–Trinajstić information content (AvgIpc) is 2.44. The monoisotopic (exact) mass is 320 g/mol. The van der Waals surface area contributed by atoms with Gasteiger partial charge in [0.05, 0.1) is 20.3 Å². The Labute approximate surface area is 120 Å². The Morgan fingerprint density at radius 1 is 1.16 bits per heavy atom. The SMILES string of the molecule is COC(=O)/C=C(\OC)c1cccc2ccc(Br)cc12. The summed E-state index contributed by atoms with van der Waals surface area (Å²) in [7, 11) is 2.87. The molecule has 0 amide bonds. The van der Waals surface area contributed by atoms with Gasteiger partial charge in [0.2, 0.25) is 0 Å². The molecule has 0 bridgehead atoms. The fourth-order valence-electron chi connectivity index (χ4n) is 1.87. The molecule has 3 nitrogen and oxygen atoms in total. The van der Waals surface area contributed by atoms with Gasteiger partial charge in [0.25, 0.3) is 0 Å². The fraction of sp³-hybridized carbons (Fsp3) is 0.133. The molecule has 0 aromatic heterocycles. The third-order valence-corrected chi connectivity index (χ3v) is 3.27. The van der Waals surface area contributed by atoms with E-state index in [0.29, 0.717) is 5.76 Å². The topological polar surface area (TPSA) is 35.5 Å². The van der Waals surface area contributed by atoms with E-state index < -0.39 is 5.97 Å². The maximum Gasteiger partial charge on any atom is 0.334 e. The van der Waals surface area contributed by atoms with Crippen LogP contribution in [0.25, 0.3) is 16.5 Å². The van der Waals surface area contributed by atoms with Gasteiger partial charge in [-0.1, -0.05) is 40.2 Å². The lowest BCUT2D eigenvalue weighted by atomic mass is 10.0. The molecule has 19 heavy (non-hydrogen) atoms. The fourth-order valence-corrected chi connectivity index (χ4v) is 2.23. The molecule has 0 N–H and O–H groups in total. The maximum absolute atomic E-state index is 11.4. The summed E-state index contributed by atoms with van der Waals surface area (Å²) in [5, 5.41) is 2.09. The summed E-state index contributed by atoms with van der Waals surface area (Å²) in [4.78, 5) is 11.4. The van der Waals surface area contributed by atoms with Gasteiger partial charge in [0.1, 0.15) is 5.76 Å². The minimum atomic E-state index is -0.441. The molecule has 2 aromatic rings. The van der Waals surface area contributed by atoms with Crippen LogP contribution >= 0.6 is 15.9 Å². The lowest BCUT2D eigenvalue weighted by Crippen LogP contribution is -1.99. The molecule has 2 rings (SSSR count). The van der Waals surface area contributed by atoms with Crippen molar-refractivity contribution in [1.29, 1.82) is 0 Å². The number of benzene rings is 2. The predicted octanol–water partition coefficient (Wildman–Crippen LogP) is 3.76. The number of esters is 1. The first kappa shape index (κ1) is 13.6. The molecular weight excluding hydrogens is 308 g/mol. The van der Waals surface area contributed by atoms with Crippen molar-refractivity contribution in [2.45, 2.75) is 0 Å². The van der Waals surface area contributed by atoms with Crippen LogP contribution in [0.2, 0.25) is 0 Å². The molecule has 0 fully saturated rings. The van der Waals surface area contributed by atoms with Crippen LogP contribution in [-0.2, 0) is 14.3 Å². The summed E-state index contributed by atoms with van der Waals surface area (Å²) >= 11 is 3.45. The molecule has 0 radical (unpaired) electrons. The predicted molar refractivity (Wildman–Crippen MR) is 78.7 cm³/mol. The maximum atomic E-state index is 11.4. The number of ether oxygens (including phenoxy) is 2. The number of methoxy groups -OCH3 is 2. The largest absolute Gasteiger partial charge is 0.496 e. The van der Waals surface area contributed by atoms with Gasteiger partial charge in [-0.3, -0.25) is 0 Å².